The maximum atomic E-state index is 5.56. The number of hydrogen-bond donors (Lipinski definition) is 0. The van der Waals surface area contributed by atoms with Gasteiger partial charge in [0, 0.05) is 13.7 Å². The summed E-state index contributed by atoms with van der Waals surface area (Å²) in [6.07, 6.45) is 6.21. The molecule has 0 heterocycles. The van der Waals surface area contributed by atoms with Gasteiger partial charge in [-0.3, -0.25) is 0 Å². The van der Waals surface area contributed by atoms with E-state index in [-0.39, 0.29) is 6.10 Å². The lowest BCUT2D eigenvalue weighted by Gasteiger charge is -2.10. The van der Waals surface area contributed by atoms with Gasteiger partial charge in [-0.25, -0.2) is 0 Å². The highest BCUT2D eigenvalue weighted by atomic mass is 16.5. The van der Waals surface area contributed by atoms with E-state index in [1.165, 1.54) is 5.57 Å². The Morgan fingerprint density at radius 1 is 1.41 bits per heavy atom. The van der Waals surface area contributed by atoms with E-state index in [1.54, 1.807) is 7.11 Å². The predicted molar refractivity (Wildman–Crippen MR) is 73.4 cm³/mol. The van der Waals surface area contributed by atoms with Crippen molar-refractivity contribution in [2.45, 2.75) is 25.9 Å². The molecule has 0 bridgehead atoms. The molecule has 0 aromatic carbocycles. The van der Waals surface area contributed by atoms with Crippen LogP contribution in [0.15, 0.2) is 24.3 Å². The summed E-state index contributed by atoms with van der Waals surface area (Å²) in [5.74, 6) is 0. The summed E-state index contributed by atoms with van der Waals surface area (Å²) in [7, 11) is 5.81. The molecule has 0 aromatic rings. The molecule has 3 heteroatoms. The zero-order valence-electron chi connectivity index (χ0n) is 11.7. The Labute approximate surface area is 106 Å². The molecular formula is C14H27NO2. The van der Waals surface area contributed by atoms with Crippen molar-refractivity contribution in [3.63, 3.8) is 0 Å². The minimum atomic E-state index is 0.161. The van der Waals surface area contributed by atoms with Crippen molar-refractivity contribution in [3.05, 3.63) is 24.3 Å². The summed E-state index contributed by atoms with van der Waals surface area (Å²) < 4.78 is 10.8. The van der Waals surface area contributed by atoms with E-state index in [2.05, 4.69) is 24.5 Å². The lowest BCUT2D eigenvalue weighted by molar-refractivity contribution is 0.132. The van der Waals surface area contributed by atoms with Crippen molar-refractivity contribution < 1.29 is 9.47 Å². The Kier molecular flexibility index (Phi) is 10.1. The van der Waals surface area contributed by atoms with Crippen LogP contribution in [0.5, 0.6) is 0 Å². The minimum absolute atomic E-state index is 0.161. The molecule has 1 unspecified atom stereocenters. The second kappa shape index (κ2) is 10.5. The van der Waals surface area contributed by atoms with Gasteiger partial charge in [0.05, 0.1) is 19.3 Å². The first-order valence-corrected chi connectivity index (χ1v) is 6.13. The summed E-state index contributed by atoms with van der Waals surface area (Å²) in [4.78, 5) is 2.12. The lowest BCUT2D eigenvalue weighted by Crippen LogP contribution is -2.18. The number of ether oxygens (including phenoxy) is 2. The second-order valence-electron chi connectivity index (χ2n) is 4.49. The van der Waals surface area contributed by atoms with Crippen LogP contribution in [0.3, 0.4) is 0 Å². The fourth-order valence-corrected chi connectivity index (χ4v) is 1.37. The maximum absolute atomic E-state index is 5.56. The number of likely N-dealkylation sites (N-methyl/N-ethyl adjacent to an activating group) is 1. The van der Waals surface area contributed by atoms with Gasteiger partial charge in [0.25, 0.3) is 0 Å². The summed E-state index contributed by atoms with van der Waals surface area (Å²) in [5.41, 5.74) is 1.28. The molecule has 0 saturated carbocycles. The van der Waals surface area contributed by atoms with Crippen LogP contribution >= 0.6 is 0 Å². The second-order valence-corrected chi connectivity index (χ2v) is 4.49. The molecule has 0 amide bonds. The van der Waals surface area contributed by atoms with Gasteiger partial charge in [-0.2, -0.15) is 0 Å². The third-order valence-corrected chi connectivity index (χ3v) is 2.52. The SMILES string of the molecule is C=CC(CC/C=C(/C)COCCN(C)C)OC. The average molecular weight is 241 g/mol. The first kappa shape index (κ1) is 16.4. The van der Waals surface area contributed by atoms with E-state index in [9.17, 15) is 0 Å². The molecule has 0 spiro atoms. The molecule has 0 fully saturated rings. The van der Waals surface area contributed by atoms with Crippen LogP contribution in [-0.2, 0) is 9.47 Å². The van der Waals surface area contributed by atoms with Crippen molar-refractivity contribution in [1.82, 2.24) is 4.90 Å². The molecule has 0 rings (SSSR count). The molecule has 0 N–H and O–H groups in total. The Morgan fingerprint density at radius 3 is 2.65 bits per heavy atom. The molecule has 0 aromatic heterocycles. The molecular weight excluding hydrogens is 214 g/mol. The van der Waals surface area contributed by atoms with Gasteiger partial charge in [-0.1, -0.05) is 17.7 Å². The van der Waals surface area contributed by atoms with Crippen LogP contribution < -0.4 is 0 Å². The third-order valence-electron chi connectivity index (χ3n) is 2.52. The van der Waals surface area contributed by atoms with Crippen LogP contribution in [0.2, 0.25) is 0 Å². The molecule has 0 radical (unpaired) electrons. The Bertz CT molecular complexity index is 224. The average Bonchev–Trinajstić information content (AvgIpc) is 2.30. The van der Waals surface area contributed by atoms with Crippen LogP contribution in [0, 0.1) is 0 Å². The summed E-state index contributed by atoms with van der Waals surface area (Å²) in [6, 6.07) is 0. The first-order valence-electron chi connectivity index (χ1n) is 6.13. The Hall–Kier alpha value is -0.640. The van der Waals surface area contributed by atoms with Gasteiger partial charge in [0.15, 0.2) is 0 Å². The zero-order chi connectivity index (χ0) is 13.1. The number of methoxy groups -OCH3 is 1. The van der Waals surface area contributed by atoms with Gasteiger partial charge in [-0.15, -0.1) is 6.58 Å². The van der Waals surface area contributed by atoms with Crippen molar-refractivity contribution in [1.29, 1.82) is 0 Å². The molecule has 0 saturated heterocycles. The number of hydrogen-bond acceptors (Lipinski definition) is 3. The van der Waals surface area contributed by atoms with E-state index >= 15 is 0 Å². The van der Waals surface area contributed by atoms with Crippen molar-refractivity contribution in [2.24, 2.45) is 0 Å². The van der Waals surface area contributed by atoms with Crippen molar-refractivity contribution in [2.75, 3.05) is 41.0 Å². The molecule has 100 valence electrons. The topological polar surface area (TPSA) is 21.7 Å². The van der Waals surface area contributed by atoms with E-state index in [0.717, 1.165) is 32.6 Å². The smallest absolute Gasteiger partial charge is 0.0752 e. The largest absolute Gasteiger partial charge is 0.377 e. The predicted octanol–water partition coefficient (Wildman–Crippen LogP) is 2.49. The van der Waals surface area contributed by atoms with Gasteiger partial charge in [-0.05, 0) is 33.9 Å². The fraction of sp³-hybridized carbons (Fsp3) is 0.714. The van der Waals surface area contributed by atoms with Gasteiger partial charge >= 0.3 is 0 Å². The van der Waals surface area contributed by atoms with Gasteiger partial charge < -0.3 is 14.4 Å². The summed E-state index contributed by atoms with van der Waals surface area (Å²) in [6.45, 7) is 8.31. The van der Waals surface area contributed by atoms with Crippen LogP contribution in [-0.4, -0.2) is 52.0 Å². The Balaban J connectivity index is 3.60. The normalized spacial score (nSPS) is 14.1. The van der Waals surface area contributed by atoms with E-state index < -0.39 is 0 Å². The Morgan fingerprint density at radius 2 is 2.12 bits per heavy atom. The summed E-state index contributed by atoms with van der Waals surface area (Å²) >= 11 is 0. The summed E-state index contributed by atoms with van der Waals surface area (Å²) in [5, 5.41) is 0. The molecule has 17 heavy (non-hydrogen) atoms. The lowest BCUT2D eigenvalue weighted by atomic mass is 10.1. The highest BCUT2D eigenvalue weighted by molar-refractivity contribution is 4.99. The number of nitrogens with zero attached hydrogens (tertiary/aromatic N) is 1. The third kappa shape index (κ3) is 10.2. The van der Waals surface area contributed by atoms with Crippen LogP contribution in [0.25, 0.3) is 0 Å². The van der Waals surface area contributed by atoms with Gasteiger partial charge in [0.1, 0.15) is 0 Å². The number of rotatable bonds is 10. The van der Waals surface area contributed by atoms with E-state index in [1.807, 2.05) is 20.2 Å². The van der Waals surface area contributed by atoms with Gasteiger partial charge in [0.2, 0.25) is 0 Å². The highest BCUT2D eigenvalue weighted by Crippen LogP contribution is 2.05. The molecule has 0 aliphatic carbocycles. The van der Waals surface area contributed by atoms with E-state index in [0.29, 0.717) is 0 Å². The van der Waals surface area contributed by atoms with Crippen LogP contribution in [0.4, 0.5) is 0 Å². The quantitative estimate of drug-likeness (QED) is 0.433. The van der Waals surface area contributed by atoms with Crippen LogP contribution in [0.1, 0.15) is 19.8 Å². The zero-order valence-corrected chi connectivity index (χ0v) is 11.7. The first-order chi connectivity index (χ1) is 8.10. The van der Waals surface area contributed by atoms with Crippen molar-refractivity contribution in [3.8, 4) is 0 Å². The number of allylic oxidation sites excluding steroid dienone is 1. The minimum Gasteiger partial charge on any atom is -0.377 e. The maximum Gasteiger partial charge on any atom is 0.0752 e. The molecule has 1 atom stereocenters. The standard InChI is InChI=1S/C14H27NO2/c1-6-14(16-5)9-7-8-13(2)12-17-11-10-15(3)4/h6,8,14H,1,7,9-12H2,2-5H3/b13-8-. The molecule has 3 nitrogen and oxygen atoms in total. The monoisotopic (exact) mass is 241 g/mol. The van der Waals surface area contributed by atoms with E-state index in [4.69, 9.17) is 9.47 Å². The highest BCUT2D eigenvalue weighted by Gasteiger charge is 1.99. The fourth-order valence-electron chi connectivity index (χ4n) is 1.37. The molecule has 0 aliphatic heterocycles. The van der Waals surface area contributed by atoms with Crippen molar-refractivity contribution >= 4 is 0 Å². The molecule has 0 aliphatic rings.